The van der Waals surface area contributed by atoms with Gasteiger partial charge in [-0.25, -0.2) is 12.7 Å². The van der Waals surface area contributed by atoms with Gasteiger partial charge in [-0.1, -0.05) is 6.92 Å². The number of sulfonamides is 1. The van der Waals surface area contributed by atoms with Gasteiger partial charge in [0.1, 0.15) is 0 Å². The molecule has 112 valence electrons. The summed E-state index contributed by atoms with van der Waals surface area (Å²) in [6.45, 7) is 1.60. The lowest BCUT2D eigenvalue weighted by Gasteiger charge is -2.13. The summed E-state index contributed by atoms with van der Waals surface area (Å²) in [5, 5.41) is 19.8. The van der Waals surface area contributed by atoms with Crippen molar-refractivity contribution in [3.63, 3.8) is 0 Å². The van der Waals surface area contributed by atoms with Crippen LogP contribution in [0.25, 0.3) is 0 Å². The second kappa shape index (κ2) is 6.53. The van der Waals surface area contributed by atoms with Gasteiger partial charge in [0.2, 0.25) is 10.0 Å². The van der Waals surface area contributed by atoms with Crippen molar-refractivity contribution in [2.45, 2.75) is 22.0 Å². The molecule has 0 saturated heterocycles. The van der Waals surface area contributed by atoms with Crippen LogP contribution in [0.4, 0.5) is 5.69 Å². The number of nitrogens with zero attached hydrogens (tertiary/aromatic N) is 2. The topological polar surface area (TPSA) is 101 Å². The Balaban J connectivity index is 3.31. The lowest BCUT2D eigenvalue weighted by molar-refractivity contribution is -0.388. The zero-order valence-corrected chi connectivity index (χ0v) is 12.9. The standard InChI is InChI=1S/C11H16N2O5S2/c1-8(7-14)19-11-5-4-9(6-10(11)13(15)16)20(17,18)12(2)3/h4-6,8,14H,7H2,1-3H3. The molecule has 1 aromatic rings. The molecular formula is C11H16N2O5S2. The van der Waals surface area contributed by atoms with Crippen LogP contribution >= 0.6 is 11.8 Å². The molecule has 1 unspecified atom stereocenters. The van der Waals surface area contributed by atoms with Crippen molar-refractivity contribution in [2.75, 3.05) is 20.7 Å². The zero-order valence-electron chi connectivity index (χ0n) is 11.3. The van der Waals surface area contributed by atoms with Crippen molar-refractivity contribution >= 4 is 27.5 Å². The van der Waals surface area contributed by atoms with Gasteiger partial charge in [-0.2, -0.15) is 0 Å². The quantitative estimate of drug-likeness (QED) is 0.482. The van der Waals surface area contributed by atoms with E-state index in [1.54, 1.807) is 6.92 Å². The molecule has 0 saturated carbocycles. The maximum absolute atomic E-state index is 12.0. The molecule has 20 heavy (non-hydrogen) atoms. The van der Waals surface area contributed by atoms with Crippen LogP contribution in [0.1, 0.15) is 6.92 Å². The summed E-state index contributed by atoms with van der Waals surface area (Å²) in [4.78, 5) is 10.6. The Morgan fingerprint density at radius 3 is 2.50 bits per heavy atom. The predicted molar refractivity (Wildman–Crippen MR) is 76.4 cm³/mol. The molecule has 9 heteroatoms. The summed E-state index contributed by atoms with van der Waals surface area (Å²) < 4.78 is 24.9. The van der Waals surface area contributed by atoms with Crippen molar-refractivity contribution < 1.29 is 18.4 Å². The van der Waals surface area contributed by atoms with E-state index in [4.69, 9.17) is 5.11 Å². The van der Waals surface area contributed by atoms with E-state index in [1.807, 2.05) is 0 Å². The number of nitro benzene ring substituents is 1. The fourth-order valence-corrected chi connectivity index (χ4v) is 3.20. The normalized spacial score (nSPS) is 13.4. The van der Waals surface area contributed by atoms with Crippen molar-refractivity contribution in [3.8, 4) is 0 Å². The van der Waals surface area contributed by atoms with Gasteiger partial charge < -0.3 is 5.11 Å². The van der Waals surface area contributed by atoms with Gasteiger partial charge in [-0.05, 0) is 12.1 Å². The average Bonchev–Trinajstić information content (AvgIpc) is 2.38. The van der Waals surface area contributed by atoms with E-state index in [2.05, 4.69) is 0 Å². The Morgan fingerprint density at radius 2 is 2.05 bits per heavy atom. The number of rotatable bonds is 6. The molecular weight excluding hydrogens is 304 g/mol. The van der Waals surface area contributed by atoms with E-state index in [0.717, 1.165) is 22.1 Å². The Bertz CT molecular complexity index is 601. The highest BCUT2D eigenvalue weighted by atomic mass is 32.2. The molecule has 0 aromatic heterocycles. The molecule has 0 spiro atoms. The molecule has 0 fully saturated rings. The fourth-order valence-electron chi connectivity index (χ4n) is 1.36. The SMILES string of the molecule is CC(CO)Sc1ccc(S(=O)(=O)N(C)C)cc1[N+](=O)[O-]. The van der Waals surface area contributed by atoms with E-state index in [-0.39, 0.29) is 22.4 Å². The number of hydrogen-bond donors (Lipinski definition) is 1. The molecule has 1 aromatic carbocycles. The van der Waals surface area contributed by atoms with Crippen LogP contribution < -0.4 is 0 Å². The second-order valence-electron chi connectivity index (χ2n) is 4.29. The highest BCUT2D eigenvalue weighted by Crippen LogP contribution is 2.34. The number of hydrogen-bond acceptors (Lipinski definition) is 6. The minimum Gasteiger partial charge on any atom is -0.395 e. The van der Waals surface area contributed by atoms with Crippen LogP contribution in [0.2, 0.25) is 0 Å². The number of thioether (sulfide) groups is 1. The first-order valence-corrected chi connectivity index (χ1v) is 8.00. The minimum atomic E-state index is -3.71. The van der Waals surface area contributed by atoms with Crippen molar-refractivity contribution in [3.05, 3.63) is 28.3 Å². The summed E-state index contributed by atoms with van der Waals surface area (Å²) in [6.07, 6.45) is 0. The molecule has 0 bridgehead atoms. The van der Waals surface area contributed by atoms with Crippen molar-refractivity contribution in [1.82, 2.24) is 4.31 Å². The summed E-state index contributed by atoms with van der Waals surface area (Å²) >= 11 is 1.13. The van der Waals surface area contributed by atoms with E-state index >= 15 is 0 Å². The first-order chi connectivity index (χ1) is 9.20. The van der Waals surface area contributed by atoms with Gasteiger partial charge in [-0.15, -0.1) is 11.8 Å². The molecule has 0 heterocycles. The van der Waals surface area contributed by atoms with Gasteiger partial charge in [0.05, 0.1) is 21.3 Å². The fraction of sp³-hybridized carbons (Fsp3) is 0.455. The molecule has 0 aliphatic heterocycles. The number of aliphatic hydroxyl groups excluding tert-OH is 1. The third-order valence-electron chi connectivity index (χ3n) is 2.49. The zero-order chi connectivity index (χ0) is 15.5. The first kappa shape index (κ1) is 16.9. The van der Waals surface area contributed by atoms with Crippen LogP contribution in [0.5, 0.6) is 0 Å². The van der Waals surface area contributed by atoms with Crippen molar-refractivity contribution in [2.24, 2.45) is 0 Å². The van der Waals surface area contributed by atoms with E-state index in [1.165, 1.54) is 26.2 Å². The van der Waals surface area contributed by atoms with Crippen LogP contribution in [0, 0.1) is 10.1 Å². The Labute approximate surface area is 121 Å². The summed E-state index contributed by atoms with van der Waals surface area (Å²) in [7, 11) is -0.996. The second-order valence-corrected chi connectivity index (χ2v) is 7.92. The predicted octanol–water partition coefficient (Wildman–Crippen LogP) is 1.32. The lowest BCUT2D eigenvalue weighted by Crippen LogP contribution is -2.22. The highest BCUT2D eigenvalue weighted by Gasteiger charge is 2.24. The van der Waals surface area contributed by atoms with Gasteiger partial charge >= 0.3 is 0 Å². The van der Waals surface area contributed by atoms with E-state index in [0.29, 0.717) is 4.90 Å². The number of benzene rings is 1. The van der Waals surface area contributed by atoms with E-state index < -0.39 is 14.9 Å². The highest BCUT2D eigenvalue weighted by molar-refractivity contribution is 8.00. The monoisotopic (exact) mass is 320 g/mol. The molecule has 1 atom stereocenters. The first-order valence-electron chi connectivity index (χ1n) is 5.68. The molecule has 0 amide bonds. The summed E-state index contributed by atoms with van der Waals surface area (Å²) in [5.41, 5.74) is -0.279. The summed E-state index contributed by atoms with van der Waals surface area (Å²) in [5.74, 6) is 0. The third-order valence-corrected chi connectivity index (χ3v) is 5.45. The molecule has 0 aliphatic carbocycles. The largest absolute Gasteiger partial charge is 0.395 e. The molecule has 0 aliphatic rings. The Kier molecular flexibility index (Phi) is 5.51. The van der Waals surface area contributed by atoms with Crippen LogP contribution in [0.15, 0.2) is 28.0 Å². The van der Waals surface area contributed by atoms with E-state index in [9.17, 15) is 18.5 Å². The molecule has 1 rings (SSSR count). The smallest absolute Gasteiger partial charge is 0.284 e. The average molecular weight is 320 g/mol. The van der Waals surface area contributed by atoms with Gasteiger partial charge in [0, 0.05) is 25.4 Å². The Morgan fingerprint density at radius 1 is 1.45 bits per heavy atom. The van der Waals surface area contributed by atoms with Gasteiger partial charge in [0.15, 0.2) is 0 Å². The van der Waals surface area contributed by atoms with Crippen LogP contribution in [-0.2, 0) is 10.0 Å². The maximum Gasteiger partial charge on any atom is 0.284 e. The summed E-state index contributed by atoms with van der Waals surface area (Å²) in [6, 6.07) is 3.77. The van der Waals surface area contributed by atoms with Crippen molar-refractivity contribution in [1.29, 1.82) is 0 Å². The van der Waals surface area contributed by atoms with Crippen LogP contribution in [-0.4, -0.2) is 48.7 Å². The van der Waals surface area contributed by atoms with Gasteiger partial charge in [-0.3, -0.25) is 10.1 Å². The number of aliphatic hydroxyl groups is 1. The van der Waals surface area contributed by atoms with Gasteiger partial charge in [0.25, 0.3) is 5.69 Å². The van der Waals surface area contributed by atoms with Crippen LogP contribution in [0.3, 0.4) is 0 Å². The Hall–Kier alpha value is -1.16. The third kappa shape index (κ3) is 3.69. The maximum atomic E-state index is 12.0. The molecule has 7 nitrogen and oxygen atoms in total. The number of nitro groups is 1. The molecule has 0 radical (unpaired) electrons. The molecule has 1 N–H and O–H groups in total. The minimum absolute atomic E-state index is 0.125. The lowest BCUT2D eigenvalue weighted by atomic mass is 10.3.